The molecule has 2 amide bonds. The number of carbonyl (C=O) groups is 2. The second-order valence-corrected chi connectivity index (χ2v) is 31.3. The fraction of sp³-hybridized carbons (Fsp3) is 0.583. The van der Waals surface area contributed by atoms with Crippen molar-refractivity contribution in [2.75, 3.05) is 173 Å². The number of nitrogens with zero attached hydrogens (tertiary/aromatic N) is 8. The average Bonchev–Trinajstić information content (AvgIpc) is 1.61. The minimum Gasteiger partial charge on any atom is -0.493 e. The van der Waals surface area contributed by atoms with Crippen LogP contribution in [0.3, 0.4) is 0 Å². The highest BCUT2D eigenvalue weighted by atomic mass is 33.1. The van der Waals surface area contributed by atoms with Gasteiger partial charge in [-0.1, -0.05) is 66.5 Å². The first kappa shape index (κ1) is 81.6. The summed E-state index contributed by atoms with van der Waals surface area (Å²) in [4.78, 5) is 54.5. The number of amides is 2. The van der Waals surface area contributed by atoms with Crippen LogP contribution in [0.4, 0.5) is 11.4 Å². The van der Waals surface area contributed by atoms with E-state index in [9.17, 15) is 19.8 Å². The third-order valence-corrected chi connectivity index (χ3v) is 21.6. The van der Waals surface area contributed by atoms with Gasteiger partial charge in [0.1, 0.15) is 37.9 Å². The first-order valence-corrected chi connectivity index (χ1v) is 38.8. The summed E-state index contributed by atoms with van der Waals surface area (Å²) in [7, 11) is 13.6. The van der Waals surface area contributed by atoms with Gasteiger partial charge in [0.2, 0.25) is 0 Å². The number of aliphatic imine (C=N–C) groups is 2. The van der Waals surface area contributed by atoms with Crippen molar-refractivity contribution in [2.45, 2.75) is 102 Å². The smallest absolute Gasteiger partial charge is 0.257 e. The van der Waals surface area contributed by atoms with Gasteiger partial charge in [0.15, 0.2) is 23.0 Å². The van der Waals surface area contributed by atoms with Crippen LogP contribution in [0.2, 0.25) is 0 Å². The van der Waals surface area contributed by atoms with E-state index in [0.717, 1.165) is 45.6 Å². The zero-order valence-electron chi connectivity index (χ0n) is 60.3. The molecule has 8 rings (SSSR count). The lowest BCUT2D eigenvalue weighted by Crippen LogP contribution is -2.40. The van der Waals surface area contributed by atoms with Crippen LogP contribution in [0.25, 0.3) is 0 Å². The standard InChI is InChI=1S/C51H66N6O10S2.C21H38N2O6S2/c1-9-34-19-38-27-52-43-25-47(45(61-6)23-41(43)49(58)56(38)29-34)66-31-36-21-40(65-14-12-55(33-51(3,4)69-68-8)11-13-63-17-18-64-16-15-60-5)22-37(54-36)32-67-48-26-44-42(24-46(48)62-7)50(59)57-30-35(10-2)20-39(57)28-53-44;1-21(2,31-30-4)17-23(5-7-27-11-12-28-10-9-26-3)6-8-29-20-13-18(15-24)22-19(14-20)16-25/h9-10,21-28,38-39H,11-20,29-33H2,1-8H3;13-14,24-25H,5-12,15-17H2,1-4H3/b34-9+,35-10+;/t38-,39-;/m0./s1. The zero-order valence-corrected chi connectivity index (χ0v) is 63.6. The van der Waals surface area contributed by atoms with Gasteiger partial charge in [0, 0.05) is 125 Å². The van der Waals surface area contributed by atoms with Crippen LogP contribution in [0.5, 0.6) is 34.5 Å². The molecule has 0 spiro atoms. The molecule has 100 heavy (non-hydrogen) atoms. The number of aliphatic hydroxyl groups is 2. The van der Waals surface area contributed by atoms with Crippen LogP contribution < -0.4 is 28.4 Å². The number of pyridine rings is 2. The zero-order chi connectivity index (χ0) is 71.9. The number of benzene rings is 2. The highest BCUT2D eigenvalue weighted by Gasteiger charge is 2.37. The van der Waals surface area contributed by atoms with Crippen LogP contribution in [-0.4, -0.2) is 258 Å². The highest BCUT2D eigenvalue weighted by molar-refractivity contribution is 8.77. The molecule has 28 heteroatoms. The number of allylic oxidation sites excluding steroid dienone is 2. The number of ether oxygens (including phenoxy) is 12. The molecule has 2 N–H and O–H groups in total. The quantitative estimate of drug-likeness (QED) is 0.0237. The third-order valence-electron chi connectivity index (χ3n) is 16.4. The molecule has 0 radical (unpaired) electrons. The Kier molecular flexibility index (Phi) is 34.9. The van der Waals surface area contributed by atoms with E-state index in [4.69, 9.17) is 71.8 Å². The lowest BCUT2D eigenvalue weighted by molar-refractivity contribution is 0.0184. The van der Waals surface area contributed by atoms with Gasteiger partial charge in [-0.3, -0.25) is 39.3 Å². The SMILES string of the molecule is C/C=C1\C[C@H]2C=Nc3cc(OCc4cc(OCCN(CCOCCOCCOC)CC(C)(C)SSC)cc(COc5cc6c(cc5OC)C(=O)N5C/C(=C/C)C[C@H]5C=N6)n4)c(OC)cc3C(=O)N2C1.COCCOCCOCCN(CCOc1cc(CO)nc(CO)c1)CC(C)(C)SSC. The first-order valence-electron chi connectivity index (χ1n) is 33.7. The molecule has 2 fully saturated rings. The molecule has 0 saturated carbocycles. The van der Waals surface area contributed by atoms with Crippen molar-refractivity contribution in [1.82, 2.24) is 29.6 Å². The van der Waals surface area contributed by atoms with Gasteiger partial charge in [-0.2, -0.15) is 0 Å². The number of methoxy groups -OCH3 is 4. The Morgan fingerprint density at radius 2 is 0.870 bits per heavy atom. The number of aromatic nitrogens is 2. The van der Waals surface area contributed by atoms with Crippen molar-refractivity contribution in [3.63, 3.8) is 0 Å². The number of rotatable bonds is 44. The van der Waals surface area contributed by atoms with Crippen molar-refractivity contribution < 1.29 is 76.6 Å². The number of carbonyl (C=O) groups excluding carboxylic acids is 2. The summed E-state index contributed by atoms with van der Waals surface area (Å²) in [6, 6.07) is 13.8. The van der Waals surface area contributed by atoms with E-state index in [1.54, 1.807) is 86.4 Å². The lowest BCUT2D eigenvalue weighted by atomic mass is 10.1. The van der Waals surface area contributed by atoms with Crippen molar-refractivity contribution in [1.29, 1.82) is 0 Å². The van der Waals surface area contributed by atoms with Gasteiger partial charge < -0.3 is 76.9 Å². The van der Waals surface area contributed by atoms with Crippen molar-refractivity contribution in [3.8, 4) is 34.5 Å². The molecule has 2 aromatic carbocycles. The van der Waals surface area contributed by atoms with E-state index in [-0.39, 0.29) is 59.8 Å². The Balaban J connectivity index is 0.000000380. The van der Waals surface area contributed by atoms with Crippen molar-refractivity contribution >= 4 is 78.8 Å². The number of hydrogen-bond acceptors (Lipinski definition) is 26. The predicted octanol–water partition coefficient (Wildman–Crippen LogP) is 10.4. The first-order chi connectivity index (χ1) is 48.4. The molecule has 4 aliphatic heterocycles. The second kappa shape index (κ2) is 42.8. The molecule has 2 atom stereocenters. The number of hydrogen-bond donors (Lipinski definition) is 2. The summed E-state index contributed by atoms with van der Waals surface area (Å²) in [6.45, 7) is 24.8. The Hall–Kier alpha value is -5.70. The molecule has 0 aliphatic carbocycles. The Labute approximate surface area is 606 Å². The minimum atomic E-state index is -0.192. The van der Waals surface area contributed by atoms with Gasteiger partial charge >= 0.3 is 0 Å². The van der Waals surface area contributed by atoms with Gasteiger partial charge in [0.25, 0.3) is 11.8 Å². The second-order valence-electron chi connectivity index (χ2n) is 25.1. The molecule has 24 nitrogen and oxygen atoms in total. The lowest BCUT2D eigenvalue weighted by Gasteiger charge is -2.31. The maximum Gasteiger partial charge on any atom is 0.257 e. The maximum absolute atomic E-state index is 13.8. The maximum atomic E-state index is 13.8. The van der Waals surface area contributed by atoms with Gasteiger partial charge in [0.05, 0.1) is 151 Å². The number of fused-ring (bicyclic) bond motifs is 4. The Bertz CT molecular complexity index is 3190. The number of aliphatic hydroxyl groups excluding tert-OH is 2. The van der Waals surface area contributed by atoms with E-state index >= 15 is 0 Å². The largest absolute Gasteiger partial charge is 0.493 e. The van der Waals surface area contributed by atoms with E-state index in [2.05, 4.69) is 67.1 Å². The molecular weight excluding hydrogens is 1360 g/mol. The van der Waals surface area contributed by atoms with E-state index in [1.807, 2.05) is 69.8 Å². The monoisotopic (exact) mass is 1460 g/mol. The molecule has 6 heterocycles. The molecule has 0 unspecified atom stereocenters. The average molecular weight is 1470 g/mol. The summed E-state index contributed by atoms with van der Waals surface area (Å²) >= 11 is 0. The topological polar surface area (TPSA) is 249 Å². The fourth-order valence-electron chi connectivity index (χ4n) is 11.6. The van der Waals surface area contributed by atoms with E-state index in [1.165, 1.54) is 11.1 Å². The Morgan fingerprint density at radius 3 is 1.24 bits per heavy atom. The predicted molar refractivity (Wildman–Crippen MR) is 399 cm³/mol. The van der Waals surface area contributed by atoms with Gasteiger partial charge in [-0.15, -0.1) is 0 Å². The van der Waals surface area contributed by atoms with Crippen LogP contribution in [0, 0.1) is 0 Å². The molecule has 0 bridgehead atoms. The summed E-state index contributed by atoms with van der Waals surface area (Å²) in [6.07, 6.45) is 13.5. The molecule has 4 aromatic rings. The summed E-state index contributed by atoms with van der Waals surface area (Å²) in [5.41, 5.74) is 6.46. The highest BCUT2D eigenvalue weighted by Crippen LogP contribution is 2.42. The fourth-order valence-corrected chi connectivity index (χ4v) is 16.0. The molecular formula is C72H104N8O16S4. The minimum absolute atomic E-state index is 0.0155. The van der Waals surface area contributed by atoms with Gasteiger partial charge in [-0.25, -0.2) is 0 Å². The molecule has 2 saturated heterocycles. The van der Waals surface area contributed by atoms with E-state index < -0.39 is 0 Å². The molecule has 2 aromatic heterocycles. The third kappa shape index (κ3) is 25.9. The van der Waals surface area contributed by atoms with Crippen molar-refractivity contribution in [2.24, 2.45) is 9.98 Å². The normalized spacial score (nSPS) is 16.6. The van der Waals surface area contributed by atoms with Crippen LogP contribution in [0.15, 0.2) is 81.8 Å². The molecule has 552 valence electrons. The van der Waals surface area contributed by atoms with Gasteiger partial charge in [-0.05, 0) is 79.0 Å². The molecule has 4 aliphatic rings. The van der Waals surface area contributed by atoms with Crippen LogP contribution in [0.1, 0.15) is 97.9 Å². The van der Waals surface area contributed by atoms with E-state index in [0.29, 0.717) is 179 Å². The van der Waals surface area contributed by atoms with Crippen molar-refractivity contribution in [3.05, 3.63) is 106 Å². The van der Waals surface area contributed by atoms with Crippen LogP contribution in [-0.2, 0) is 54.8 Å². The summed E-state index contributed by atoms with van der Waals surface area (Å²) in [5.74, 6) is 2.63. The van der Waals surface area contributed by atoms with Crippen LogP contribution >= 0.6 is 43.2 Å². The summed E-state index contributed by atoms with van der Waals surface area (Å²) in [5, 5.41) is 18.7. The summed E-state index contributed by atoms with van der Waals surface area (Å²) < 4.78 is 69.5. The Morgan fingerprint density at radius 1 is 0.500 bits per heavy atom.